The van der Waals surface area contributed by atoms with Crippen molar-refractivity contribution in [1.82, 2.24) is 10.2 Å². The van der Waals surface area contributed by atoms with Gasteiger partial charge >= 0.3 is 0 Å². The number of carbonyl (C=O) groups excluding carboxylic acids is 1. The van der Waals surface area contributed by atoms with Gasteiger partial charge in [-0.05, 0) is 38.1 Å². The van der Waals surface area contributed by atoms with Crippen LogP contribution in [0.4, 0.5) is 0 Å². The van der Waals surface area contributed by atoms with Crippen molar-refractivity contribution in [3.8, 4) is 0 Å². The van der Waals surface area contributed by atoms with Crippen molar-refractivity contribution in [2.24, 2.45) is 0 Å². The third kappa shape index (κ3) is 3.70. The molecule has 100 valence electrons. The lowest BCUT2D eigenvalue weighted by molar-refractivity contribution is -0.120. The Morgan fingerprint density at radius 1 is 1.61 bits per heavy atom. The standard InChI is InChI=1S/C13H19ClN2OS/c1-2-16-7-3-4-10(16)9-15-13(17)8-11-5-6-12(14)18-11/h5-6,10H,2-4,7-9H2,1H3,(H,15,17). The third-order valence-electron chi connectivity index (χ3n) is 3.40. The van der Waals surface area contributed by atoms with Gasteiger partial charge in [0.05, 0.1) is 10.8 Å². The van der Waals surface area contributed by atoms with Crippen molar-refractivity contribution in [3.63, 3.8) is 0 Å². The number of halogens is 1. The fraction of sp³-hybridized carbons (Fsp3) is 0.615. The summed E-state index contributed by atoms with van der Waals surface area (Å²) in [5, 5.41) is 3.03. The van der Waals surface area contributed by atoms with E-state index in [0.717, 1.165) is 28.8 Å². The molecule has 1 aliphatic heterocycles. The summed E-state index contributed by atoms with van der Waals surface area (Å²) in [5.74, 6) is 0.0940. The summed E-state index contributed by atoms with van der Waals surface area (Å²) in [6.45, 7) is 5.18. The van der Waals surface area contributed by atoms with E-state index in [1.807, 2.05) is 12.1 Å². The number of hydrogen-bond acceptors (Lipinski definition) is 3. The zero-order chi connectivity index (χ0) is 13.0. The average molecular weight is 287 g/mol. The van der Waals surface area contributed by atoms with Gasteiger partial charge in [-0.3, -0.25) is 9.69 Å². The van der Waals surface area contributed by atoms with Gasteiger partial charge in [0.25, 0.3) is 0 Å². The maximum absolute atomic E-state index is 11.8. The summed E-state index contributed by atoms with van der Waals surface area (Å²) in [6.07, 6.45) is 2.88. The highest BCUT2D eigenvalue weighted by molar-refractivity contribution is 7.16. The first-order valence-electron chi connectivity index (χ1n) is 6.44. The molecule has 18 heavy (non-hydrogen) atoms. The normalized spacial score (nSPS) is 20.2. The lowest BCUT2D eigenvalue weighted by Crippen LogP contribution is -2.40. The first kappa shape index (κ1) is 13.8. The summed E-state index contributed by atoms with van der Waals surface area (Å²) in [6, 6.07) is 4.27. The molecule has 1 saturated heterocycles. The fourth-order valence-corrected chi connectivity index (χ4v) is 3.53. The van der Waals surface area contributed by atoms with Crippen molar-refractivity contribution in [2.45, 2.75) is 32.2 Å². The molecule has 1 aliphatic rings. The number of amides is 1. The number of likely N-dealkylation sites (tertiary alicyclic amines) is 1. The molecule has 1 N–H and O–H groups in total. The van der Waals surface area contributed by atoms with Gasteiger partial charge in [0.2, 0.25) is 5.91 Å². The topological polar surface area (TPSA) is 32.3 Å². The van der Waals surface area contributed by atoms with E-state index >= 15 is 0 Å². The molecule has 0 spiro atoms. The van der Waals surface area contributed by atoms with Crippen LogP contribution in [0.15, 0.2) is 12.1 Å². The molecule has 5 heteroatoms. The Labute approximate surface area is 117 Å². The van der Waals surface area contributed by atoms with Crippen molar-refractivity contribution >= 4 is 28.8 Å². The monoisotopic (exact) mass is 286 g/mol. The second kappa shape index (κ2) is 6.55. The Balaban J connectivity index is 1.74. The summed E-state index contributed by atoms with van der Waals surface area (Å²) in [4.78, 5) is 15.3. The second-order valence-electron chi connectivity index (χ2n) is 4.61. The van der Waals surface area contributed by atoms with Crippen LogP contribution in [0.3, 0.4) is 0 Å². The van der Waals surface area contributed by atoms with Crippen LogP contribution in [0, 0.1) is 0 Å². The predicted octanol–water partition coefficient (Wildman–Crippen LogP) is 2.54. The number of likely N-dealkylation sites (N-methyl/N-ethyl adjacent to an activating group) is 1. The van der Waals surface area contributed by atoms with Crippen LogP contribution in [0.5, 0.6) is 0 Å². The maximum atomic E-state index is 11.8. The van der Waals surface area contributed by atoms with Gasteiger partial charge in [0, 0.05) is 17.5 Å². The molecule has 1 amide bonds. The molecule has 0 bridgehead atoms. The molecule has 0 saturated carbocycles. The van der Waals surface area contributed by atoms with E-state index in [9.17, 15) is 4.79 Å². The van der Waals surface area contributed by atoms with Gasteiger partial charge in [-0.15, -0.1) is 11.3 Å². The minimum atomic E-state index is 0.0940. The summed E-state index contributed by atoms with van der Waals surface area (Å²) in [7, 11) is 0. The van der Waals surface area contributed by atoms with Crippen LogP contribution in [-0.4, -0.2) is 36.5 Å². The number of nitrogens with zero attached hydrogens (tertiary/aromatic N) is 1. The van der Waals surface area contributed by atoms with Gasteiger partial charge in [-0.25, -0.2) is 0 Å². The van der Waals surface area contributed by atoms with Crippen LogP contribution >= 0.6 is 22.9 Å². The van der Waals surface area contributed by atoms with Gasteiger partial charge in [-0.1, -0.05) is 18.5 Å². The van der Waals surface area contributed by atoms with Crippen LogP contribution in [-0.2, 0) is 11.2 Å². The van der Waals surface area contributed by atoms with E-state index in [1.54, 1.807) is 0 Å². The summed E-state index contributed by atoms with van der Waals surface area (Å²) in [5.41, 5.74) is 0. The van der Waals surface area contributed by atoms with Gasteiger partial charge < -0.3 is 5.32 Å². The number of rotatable bonds is 5. The van der Waals surface area contributed by atoms with Crippen molar-refractivity contribution in [1.29, 1.82) is 0 Å². The average Bonchev–Trinajstić information content (AvgIpc) is 2.95. The molecule has 1 aromatic heterocycles. The zero-order valence-electron chi connectivity index (χ0n) is 10.6. The van der Waals surface area contributed by atoms with Crippen molar-refractivity contribution < 1.29 is 4.79 Å². The first-order chi connectivity index (χ1) is 8.69. The lowest BCUT2D eigenvalue weighted by atomic mass is 10.2. The molecule has 0 aliphatic carbocycles. The lowest BCUT2D eigenvalue weighted by Gasteiger charge is -2.22. The highest BCUT2D eigenvalue weighted by atomic mass is 35.5. The van der Waals surface area contributed by atoms with Crippen molar-refractivity contribution in [2.75, 3.05) is 19.6 Å². The molecular formula is C13H19ClN2OS. The van der Waals surface area contributed by atoms with Crippen molar-refractivity contribution in [3.05, 3.63) is 21.3 Å². The van der Waals surface area contributed by atoms with Crippen LogP contribution < -0.4 is 5.32 Å². The molecule has 3 nitrogen and oxygen atoms in total. The number of nitrogens with one attached hydrogen (secondary N) is 1. The molecule has 1 unspecified atom stereocenters. The molecule has 2 rings (SSSR count). The number of hydrogen-bond donors (Lipinski definition) is 1. The van der Waals surface area contributed by atoms with Gasteiger partial charge in [-0.2, -0.15) is 0 Å². The molecule has 2 heterocycles. The highest BCUT2D eigenvalue weighted by Crippen LogP contribution is 2.21. The molecular weight excluding hydrogens is 268 g/mol. The Morgan fingerprint density at radius 2 is 2.44 bits per heavy atom. The summed E-state index contributed by atoms with van der Waals surface area (Å²) >= 11 is 7.32. The van der Waals surface area contributed by atoms with Gasteiger partial charge in [0.15, 0.2) is 0 Å². The molecule has 1 fully saturated rings. The fourth-order valence-electron chi connectivity index (χ4n) is 2.44. The van der Waals surface area contributed by atoms with E-state index in [-0.39, 0.29) is 5.91 Å². The second-order valence-corrected chi connectivity index (χ2v) is 6.41. The minimum absolute atomic E-state index is 0.0940. The predicted molar refractivity (Wildman–Crippen MR) is 76.3 cm³/mol. The van der Waals surface area contributed by atoms with E-state index in [0.29, 0.717) is 12.5 Å². The zero-order valence-corrected chi connectivity index (χ0v) is 12.2. The van der Waals surface area contributed by atoms with E-state index in [1.165, 1.54) is 24.2 Å². The largest absolute Gasteiger partial charge is 0.354 e. The minimum Gasteiger partial charge on any atom is -0.354 e. The maximum Gasteiger partial charge on any atom is 0.225 e. The molecule has 0 aromatic carbocycles. The van der Waals surface area contributed by atoms with Gasteiger partial charge in [0.1, 0.15) is 0 Å². The van der Waals surface area contributed by atoms with E-state index in [2.05, 4.69) is 17.1 Å². The highest BCUT2D eigenvalue weighted by Gasteiger charge is 2.23. The Bertz CT molecular complexity index is 407. The first-order valence-corrected chi connectivity index (χ1v) is 7.63. The smallest absolute Gasteiger partial charge is 0.225 e. The van der Waals surface area contributed by atoms with Crippen LogP contribution in [0.2, 0.25) is 4.34 Å². The molecule has 1 aromatic rings. The number of thiophene rings is 1. The SMILES string of the molecule is CCN1CCCC1CNC(=O)Cc1ccc(Cl)s1. The molecule has 1 atom stereocenters. The summed E-state index contributed by atoms with van der Waals surface area (Å²) < 4.78 is 0.741. The quantitative estimate of drug-likeness (QED) is 0.902. The van der Waals surface area contributed by atoms with Crippen LogP contribution in [0.25, 0.3) is 0 Å². The van der Waals surface area contributed by atoms with Crippen LogP contribution in [0.1, 0.15) is 24.6 Å². The van der Waals surface area contributed by atoms with E-state index in [4.69, 9.17) is 11.6 Å². The Kier molecular flexibility index (Phi) is 5.03. The third-order valence-corrected chi connectivity index (χ3v) is 4.63. The number of carbonyl (C=O) groups is 1. The Hall–Kier alpha value is -0.580. The Morgan fingerprint density at radius 3 is 3.11 bits per heavy atom. The van der Waals surface area contributed by atoms with E-state index < -0.39 is 0 Å². The molecule has 0 radical (unpaired) electrons.